The molecule has 2 amide bonds. The maximum Gasteiger partial charge on any atom is 0.336 e. The molecule has 0 aromatic heterocycles. The number of nitrogens with one attached hydrogen (secondary N) is 2. The number of carbonyl (C=O) groups is 3. The SMILES string of the molecule is Cc1ccc(NC(=O)CNC(=O)C(C)(C)C)cc1C(=O)O. The highest BCUT2D eigenvalue weighted by molar-refractivity contribution is 5.97. The highest BCUT2D eigenvalue weighted by Crippen LogP contribution is 2.15. The zero-order chi connectivity index (χ0) is 16.2. The number of aromatic carboxylic acids is 1. The van der Waals surface area contributed by atoms with Crippen molar-refractivity contribution in [3.63, 3.8) is 0 Å². The first kappa shape index (κ1) is 16.7. The summed E-state index contributed by atoms with van der Waals surface area (Å²) in [4.78, 5) is 34.4. The summed E-state index contributed by atoms with van der Waals surface area (Å²) >= 11 is 0. The van der Waals surface area contributed by atoms with Gasteiger partial charge in [-0.15, -0.1) is 0 Å². The van der Waals surface area contributed by atoms with E-state index < -0.39 is 17.3 Å². The maximum absolute atomic E-state index is 11.7. The molecule has 0 fully saturated rings. The Morgan fingerprint density at radius 3 is 2.33 bits per heavy atom. The standard InChI is InChI=1S/C15H20N2O4/c1-9-5-6-10(7-11(9)13(19)20)17-12(18)8-16-14(21)15(2,3)4/h5-7H,8H2,1-4H3,(H,16,21)(H,17,18)(H,19,20). The number of aryl methyl sites for hydroxylation is 1. The Labute approximate surface area is 123 Å². The molecule has 3 N–H and O–H groups in total. The highest BCUT2D eigenvalue weighted by atomic mass is 16.4. The van der Waals surface area contributed by atoms with Crippen LogP contribution in [0.2, 0.25) is 0 Å². The van der Waals surface area contributed by atoms with Crippen molar-refractivity contribution >= 4 is 23.5 Å². The number of carbonyl (C=O) groups excluding carboxylic acids is 2. The number of rotatable bonds is 4. The molecule has 6 nitrogen and oxygen atoms in total. The first-order chi connectivity index (χ1) is 9.61. The average Bonchev–Trinajstić information content (AvgIpc) is 2.36. The number of amides is 2. The molecule has 114 valence electrons. The van der Waals surface area contributed by atoms with Gasteiger partial charge in [0.15, 0.2) is 0 Å². The minimum atomic E-state index is -1.05. The van der Waals surface area contributed by atoms with Crippen LogP contribution in [-0.4, -0.2) is 29.4 Å². The summed E-state index contributed by atoms with van der Waals surface area (Å²) in [5.74, 6) is -1.69. The molecule has 0 atom stereocenters. The fraction of sp³-hybridized carbons (Fsp3) is 0.400. The molecule has 0 aliphatic rings. The van der Waals surface area contributed by atoms with Gasteiger partial charge in [-0.2, -0.15) is 0 Å². The summed E-state index contributed by atoms with van der Waals surface area (Å²) in [5, 5.41) is 14.1. The third-order valence-electron chi connectivity index (χ3n) is 2.84. The van der Waals surface area contributed by atoms with Gasteiger partial charge in [-0.3, -0.25) is 9.59 Å². The van der Waals surface area contributed by atoms with Crippen molar-refractivity contribution in [2.75, 3.05) is 11.9 Å². The Bertz CT molecular complexity index is 574. The zero-order valence-corrected chi connectivity index (χ0v) is 12.6. The summed E-state index contributed by atoms with van der Waals surface area (Å²) in [6.07, 6.45) is 0. The molecule has 1 rings (SSSR count). The van der Waals surface area contributed by atoms with E-state index in [9.17, 15) is 14.4 Å². The van der Waals surface area contributed by atoms with Gasteiger partial charge in [0.05, 0.1) is 12.1 Å². The van der Waals surface area contributed by atoms with E-state index in [-0.39, 0.29) is 18.0 Å². The lowest BCUT2D eigenvalue weighted by Gasteiger charge is -2.17. The van der Waals surface area contributed by atoms with E-state index >= 15 is 0 Å². The number of hydrogen-bond donors (Lipinski definition) is 3. The fourth-order valence-corrected chi connectivity index (χ4v) is 1.56. The second kappa shape index (κ2) is 6.39. The molecule has 0 saturated heterocycles. The van der Waals surface area contributed by atoms with Crippen molar-refractivity contribution in [3.8, 4) is 0 Å². The van der Waals surface area contributed by atoms with Gasteiger partial charge in [-0.05, 0) is 24.6 Å². The van der Waals surface area contributed by atoms with E-state index in [4.69, 9.17) is 5.11 Å². The van der Waals surface area contributed by atoms with Crippen LogP contribution >= 0.6 is 0 Å². The largest absolute Gasteiger partial charge is 0.478 e. The Balaban J connectivity index is 2.66. The van der Waals surface area contributed by atoms with Crippen LogP contribution in [0.25, 0.3) is 0 Å². The van der Waals surface area contributed by atoms with Crippen molar-refractivity contribution in [1.82, 2.24) is 5.32 Å². The van der Waals surface area contributed by atoms with E-state index in [1.54, 1.807) is 39.8 Å². The number of anilines is 1. The fourth-order valence-electron chi connectivity index (χ4n) is 1.56. The first-order valence-electron chi connectivity index (χ1n) is 6.53. The third-order valence-corrected chi connectivity index (χ3v) is 2.84. The molecular formula is C15H20N2O4. The lowest BCUT2D eigenvalue weighted by atomic mass is 9.96. The van der Waals surface area contributed by atoms with Crippen molar-refractivity contribution < 1.29 is 19.5 Å². The van der Waals surface area contributed by atoms with Gasteiger partial charge in [0, 0.05) is 11.1 Å². The molecule has 0 aliphatic carbocycles. The number of carboxylic acid groups (broad SMARTS) is 1. The predicted octanol–water partition coefficient (Wildman–Crippen LogP) is 1.79. The normalized spacial score (nSPS) is 10.9. The monoisotopic (exact) mass is 292 g/mol. The summed E-state index contributed by atoms with van der Waals surface area (Å²) in [6, 6.07) is 4.62. The van der Waals surface area contributed by atoms with Crippen LogP contribution in [0.5, 0.6) is 0 Å². The molecule has 1 aromatic rings. The number of hydrogen-bond acceptors (Lipinski definition) is 3. The predicted molar refractivity (Wildman–Crippen MR) is 79.2 cm³/mol. The van der Waals surface area contributed by atoms with E-state index in [0.29, 0.717) is 11.3 Å². The van der Waals surface area contributed by atoms with Crippen LogP contribution in [0.3, 0.4) is 0 Å². The zero-order valence-electron chi connectivity index (χ0n) is 12.6. The van der Waals surface area contributed by atoms with Crippen LogP contribution < -0.4 is 10.6 Å². The van der Waals surface area contributed by atoms with Crippen LogP contribution in [0, 0.1) is 12.3 Å². The van der Waals surface area contributed by atoms with E-state index in [2.05, 4.69) is 10.6 Å². The molecule has 0 spiro atoms. The molecule has 6 heteroatoms. The van der Waals surface area contributed by atoms with Gasteiger partial charge in [0.25, 0.3) is 0 Å². The van der Waals surface area contributed by atoms with Gasteiger partial charge in [-0.1, -0.05) is 26.8 Å². The third kappa shape index (κ3) is 4.91. The lowest BCUT2D eigenvalue weighted by Crippen LogP contribution is -2.39. The number of benzene rings is 1. The van der Waals surface area contributed by atoms with E-state index in [1.165, 1.54) is 6.07 Å². The quantitative estimate of drug-likeness (QED) is 0.788. The van der Waals surface area contributed by atoms with Crippen LogP contribution in [0.15, 0.2) is 18.2 Å². The Morgan fingerprint density at radius 1 is 1.19 bits per heavy atom. The van der Waals surface area contributed by atoms with Gasteiger partial charge >= 0.3 is 5.97 Å². The Morgan fingerprint density at radius 2 is 1.81 bits per heavy atom. The van der Waals surface area contributed by atoms with Crippen molar-refractivity contribution in [2.45, 2.75) is 27.7 Å². The van der Waals surface area contributed by atoms with Crippen molar-refractivity contribution in [2.24, 2.45) is 5.41 Å². The van der Waals surface area contributed by atoms with Gasteiger partial charge < -0.3 is 15.7 Å². The molecule has 0 radical (unpaired) electrons. The molecule has 0 heterocycles. The topological polar surface area (TPSA) is 95.5 Å². The maximum atomic E-state index is 11.7. The van der Waals surface area contributed by atoms with Crippen LogP contribution in [0.1, 0.15) is 36.7 Å². The summed E-state index contributed by atoms with van der Waals surface area (Å²) < 4.78 is 0. The van der Waals surface area contributed by atoms with Gasteiger partial charge in [-0.25, -0.2) is 4.79 Å². The Hall–Kier alpha value is -2.37. The molecule has 0 aliphatic heterocycles. The molecule has 0 bridgehead atoms. The lowest BCUT2D eigenvalue weighted by molar-refractivity contribution is -0.130. The first-order valence-corrected chi connectivity index (χ1v) is 6.53. The number of carboxylic acids is 1. The second-order valence-electron chi connectivity index (χ2n) is 5.82. The Kier molecular flexibility index (Phi) is 5.07. The molecule has 0 saturated carbocycles. The van der Waals surface area contributed by atoms with Crippen molar-refractivity contribution in [3.05, 3.63) is 29.3 Å². The van der Waals surface area contributed by atoms with E-state index in [0.717, 1.165) is 0 Å². The average molecular weight is 292 g/mol. The molecule has 0 unspecified atom stereocenters. The summed E-state index contributed by atoms with van der Waals surface area (Å²) in [7, 11) is 0. The summed E-state index contributed by atoms with van der Waals surface area (Å²) in [6.45, 7) is 6.77. The minimum Gasteiger partial charge on any atom is -0.478 e. The second-order valence-corrected chi connectivity index (χ2v) is 5.82. The van der Waals surface area contributed by atoms with Gasteiger partial charge in [0.1, 0.15) is 0 Å². The molecule has 21 heavy (non-hydrogen) atoms. The van der Waals surface area contributed by atoms with E-state index in [1.807, 2.05) is 0 Å². The molecular weight excluding hydrogens is 272 g/mol. The minimum absolute atomic E-state index is 0.131. The van der Waals surface area contributed by atoms with Crippen LogP contribution in [-0.2, 0) is 9.59 Å². The van der Waals surface area contributed by atoms with Gasteiger partial charge in [0.2, 0.25) is 11.8 Å². The molecule has 1 aromatic carbocycles. The van der Waals surface area contributed by atoms with Crippen molar-refractivity contribution in [1.29, 1.82) is 0 Å². The van der Waals surface area contributed by atoms with Crippen LogP contribution in [0.4, 0.5) is 5.69 Å². The summed E-state index contributed by atoms with van der Waals surface area (Å²) in [5.41, 5.74) is 0.557. The highest BCUT2D eigenvalue weighted by Gasteiger charge is 2.21. The smallest absolute Gasteiger partial charge is 0.336 e.